The van der Waals surface area contributed by atoms with Crippen LogP contribution in [0.1, 0.15) is 42.5 Å². The Hall–Kier alpha value is -2.74. The molecule has 0 radical (unpaired) electrons. The van der Waals surface area contributed by atoms with E-state index in [4.69, 9.17) is 5.11 Å². The number of carbonyl (C=O) groups is 3. The van der Waals surface area contributed by atoms with Crippen LogP contribution in [0.2, 0.25) is 0 Å². The highest BCUT2D eigenvalue weighted by Crippen LogP contribution is 2.21. The molecule has 0 unspecified atom stereocenters. The minimum absolute atomic E-state index is 0.0606. The highest BCUT2D eigenvalue weighted by atomic mass is 32.1. The van der Waals surface area contributed by atoms with Crippen molar-refractivity contribution < 1.29 is 23.9 Å². The van der Waals surface area contributed by atoms with E-state index in [1.807, 2.05) is 0 Å². The monoisotopic (exact) mass is 376 g/mol. The summed E-state index contributed by atoms with van der Waals surface area (Å²) < 4.78 is 12.9. The van der Waals surface area contributed by atoms with Gasteiger partial charge < -0.3 is 15.3 Å². The molecule has 136 valence electrons. The van der Waals surface area contributed by atoms with Crippen molar-refractivity contribution in [2.75, 3.05) is 13.1 Å². The number of halogens is 1. The Bertz CT molecular complexity index is 826. The molecule has 1 fully saturated rings. The number of carboxylic acid groups (broad SMARTS) is 1. The van der Waals surface area contributed by atoms with Crippen molar-refractivity contribution in [2.45, 2.75) is 18.9 Å². The Morgan fingerprint density at radius 1 is 1.04 bits per heavy atom. The van der Waals surface area contributed by atoms with E-state index in [9.17, 15) is 18.8 Å². The van der Waals surface area contributed by atoms with Gasteiger partial charge >= 0.3 is 5.97 Å². The van der Waals surface area contributed by atoms with Crippen LogP contribution in [-0.2, 0) is 0 Å². The normalized spacial score (nSPS) is 14.9. The number of likely N-dealkylation sites (tertiary alicyclic amines) is 1. The molecular formula is C18H17FN2O4S. The van der Waals surface area contributed by atoms with Gasteiger partial charge in [-0.15, -0.1) is 11.3 Å². The number of nitrogens with zero attached hydrogens (tertiary/aromatic N) is 1. The third kappa shape index (κ3) is 4.08. The lowest BCUT2D eigenvalue weighted by molar-refractivity contribution is 0.0693. The smallest absolute Gasteiger partial charge is 0.345 e. The number of hydrogen-bond donors (Lipinski definition) is 2. The molecule has 2 amide bonds. The number of carboxylic acids is 1. The second kappa shape index (κ2) is 7.65. The zero-order valence-electron chi connectivity index (χ0n) is 13.8. The molecule has 2 heterocycles. The van der Waals surface area contributed by atoms with E-state index >= 15 is 0 Å². The van der Waals surface area contributed by atoms with Crippen LogP contribution in [0, 0.1) is 5.82 Å². The molecule has 0 saturated carbocycles. The summed E-state index contributed by atoms with van der Waals surface area (Å²) in [5.41, 5.74) is 0.393. The van der Waals surface area contributed by atoms with Crippen molar-refractivity contribution >= 4 is 29.1 Å². The number of benzene rings is 1. The minimum Gasteiger partial charge on any atom is -0.477 e. The fraction of sp³-hybridized carbons (Fsp3) is 0.278. The van der Waals surface area contributed by atoms with Gasteiger partial charge in [0.1, 0.15) is 10.7 Å². The van der Waals surface area contributed by atoms with Gasteiger partial charge in [0.15, 0.2) is 0 Å². The van der Waals surface area contributed by atoms with Gasteiger partial charge in [0.05, 0.1) is 4.88 Å². The van der Waals surface area contributed by atoms with E-state index in [1.54, 1.807) is 4.90 Å². The van der Waals surface area contributed by atoms with Crippen molar-refractivity contribution in [3.05, 3.63) is 57.5 Å². The topological polar surface area (TPSA) is 86.7 Å². The minimum atomic E-state index is -1.05. The molecule has 1 aromatic carbocycles. The van der Waals surface area contributed by atoms with Crippen molar-refractivity contribution in [3.63, 3.8) is 0 Å². The van der Waals surface area contributed by atoms with Gasteiger partial charge in [-0.1, -0.05) is 0 Å². The lowest BCUT2D eigenvalue weighted by Crippen LogP contribution is -2.46. The second-order valence-corrected chi connectivity index (χ2v) is 7.10. The van der Waals surface area contributed by atoms with E-state index in [1.165, 1.54) is 36.4 Å². The number of nitrogens with one attached hydrogen (secondary N) is 1. The van der Waals surface area contributed by atoms with Crippen molar-refractivity contribution in [2.24, 2.45) is 0 Å². The third-order valence-corrected chi connectivity index (χ3v) is 5.31. The number of rotatable bonds is 4. The predicted molar refractivity (Wildman–Crippen MR) is 94.1 cm³/mol. The number of carbonyl (C=O) groups excluding carboxylic acids is 2. The number of aromatic carboxylic acids is 1. The molecule has 2 N–H and O–H groups in total. The van der Waals surface area contributed by atoms with Crippen molar-refractivity contribution in [3.8, 4) is 0 Å². The first-order valence-corrected chi connectivity index (χ1v) is 8.94. The van der Waals surface area contributed by atoms with Crippen LogP contribution in [0.15, 0.2) is 36.4 Å². The highest BCUT2D eigenvalue weighted by molar-refractivity contribution is 7.15. The molecule has 26 heavy (non-hydrogen) atoms. The third-order valence-electron chi connectivity index (χ3n) is 4.25. The first-order chi connectivity index (χ1) is 12.4. The second-order valence-electron chi connectivity index (χ2n) is 6.02. The first kappa shape index (κ1) is 18.1. The maximum atomic E-state index is 12.9. The zero-order chi connectivity index (χ0) is 18.7. The fourth-order valence-corrected chi connectivity index (χ4v) is 3.63. The van der Waals surface area contributed by atoms with Crippen LogP contribution in [0.5, 0.6) is 0 Å². The van der Waals surface area contributed by atoms with Gasteiger partial charge in [-0.2, -0.15) is 0 Å². The van der Waals surface area contributed by atoms with Crippen LogP contribution in [0.3, 0.4) is 0 Å². The standard InChI is InChI=1S/C18H17FN2O4S/c19-12-3-1-11(2-4-12)16(22)20-13-7-9-21(10-8-13)17(23)14-5-6-15(26-14)18(24)25/h1-6,13H,7-10H2,(H,20,22)(H,24,25). The molecular weight excluding hydrogens is 359 g/mol. The van der Waals surface area contributed by atoms with Gasteiger partial charge in [0.2, 0.25) is 0 Å². The summed E-state index contributed by atoms with van der Waals surface area (Å²) >= 11 is 0.961. The van der Waals surface area contributed by atoms with Crippen LogP contribution in [0.25, 0.3) is 0 Å². The number of hydrogen-bond acceptors (Lipinski definition) is 4. The summed E-state index contributed by atoms with van der Waals surface area (Å²) in [4.78, 5) is 37.7. The average Bonchev–Trinajstić information content (AvgIpc) is 3.13. The lowest BCUT2D eigenvalue weighted by atomic mass is 10.0. The molecule has 0 atom stereocenters. The Kier molecular flexibility index (Phi) is 5.32. The Morgan fingerprint density at radius 2 is 1.65 bits per heavy atom. The summed E-state index contributed by atoms with van der Waals surface area (Å²) in [5, 5.41) is 11.8. The lowest BCUT2D eigenvalue weighted by Gasteiger charge is -2.32. The van der Waals surface area contributed by atoms with Crippen molar-refractivity contribution in [1.82, 2.24) is 10.2 Å². The molecule has 1 aliphatic heterocycles. The molecule has 6 nitrogen and oxygen atoms in total. The first-order valence-electron chi connectivity index (χ1n) is 8.13. The van der Waals surface area contributed by atoms with E-state index in [0.717, 1.165) is 11.3 Å². The van der Waals surface area contributed by atoms with Gasteiger partial charge in [0, 0.05) is 24.7 Å². The zero-order valence-corrected chi connectivity index (χ0v) is 14.6. The quantitative estimate of drug-likeness (QED) is 0.859. The number of amides is 2. The summed E-state index contributed by atoms with van der Waals surface area (Å²) in [6.07, 6.45) is 1.21. The molecule has 1 saturated heterocycles. The Morgan fingerprint density at radius 3 is 2.23 bits per heavy atom. The van der Waals surface area contributed by atoms with Crippen LogP contribution in [0.4, 0.5) is 4.39 Å². The van der Waals surface area contributed by atoms with Gasteiger partial charge in [0.25, 0.3) is 11.8 Å². The summed E-state index contributed by atoms with van der Waals surface area (Å²) in [6.45, 7) is 0.959. The summed E-state index contributed by atoms with van der Waals surface area (Å²) in [7, 11) is 0. The van der Waals surface area contributed by atoms with Crippen LogP contribution >= 0.6 is 11.3 Å². The summed E-state index contributed by atoms with van der Waals surface area (Å²) in [5.74, 6) is -1.89. The molecule has 8 heteroatoms. The molecule has 3 rings (SSSR count). The molecule has 1 aromatic heterocycles. The van der Waals surface area contributed by atoms with Crippen molar-refractivity contribution in [1.29, 1.82) is 0 Å². The van der Waals surface area contributed by atoms with E-state index < -0.39 is 11.8 Å². The van der Waals surface area contributed by atoms with Gasteiger partial charge in [-0.25, -0.2) is 9.18 Å². The van der Waals surface area contributed by atoms with Crippen LogP contribution in [-0.4, -0.2) is 46.9 Å². The largest absolute Gasteiger partial charge is 0.477 e. The van der Waals surface area contributed by atoms with E-state index in [-0.39, 0.29) is 22.7 Å². The molecule has 0 aliphatic carbocycles. The molecule has 1 aliphatic rings. The Balaban J connectivity index is 1.53. The summed E-state index contributed by atoms with van der Waals surface area (Å²) in [6, 6.07) is 8.23. The maximum absolute atomic E-state index is 12.9. The molecule has 2 aromatic rings. The number of thiophene rings is 1. The predicted octanol–water partition coefficient (Wildman–Crippen LogP) is 2.62. The Labute approximate surface area is 153 Å². The van der Waals surface area contributed by atoms with Gasteiger partial charge in [-0.05, 0) is 49.2 Å². The highest BCUT2D eigenvalue weighted by Gasteiger charge is 2.26. The van der Waals surface area contributed by atoms with E-state index in [0.29, 0.717) is 36.4 Å². The molecule has 0 bridgehead atoms. The van der Waals surface area contributed by atoms with E-state index in [2.05, 4.69) is 5.32 Å². The number of piperidine rings is 1. The van der Waals surface area contributed by atoms with Crippen LogP contribution < -0.4 is 5.32 Å². The molecule has 0 spiro atoms. The van der Waals surface area contributed by atoms with Gasteiger partial charge in [-0.3, -0.25) is 9.59 Å². The SMILES string of the molecule is O=C(NC1CCN(C(=O)c2ccc(C(=O)O)s2)CC1)c1ccc(F)cc1. The maximum Gasteiger partial charge on any atom is 0.345 e. The fourth-order valence-electron chi connectivity index (χ4n) is 2.82. The average molecular weight is 376 g/mol.